The third-order valence-electron chi connectivity index (χ3n) is 4.32. The maximum Gasteiger partial charge on any atom is 0.227 e. The van der Waals surface area contributed by atoms with E-state index in [1.54, 1.807) is 6.20 Å². The molecule has 0 radical (unpaired) electrons. The molecule has 28 heavy (non-hydrogen) atoms. The highest BCUT2D eigenvalue weighted by molar-refractivity contribution is 6.36. The molecular formula is C21H15Cl3N4. The van der Waals surface area contributed by atoms with E-state index in [0.717, 1.165) is 28.2 Å². The number of aliphatic imine (C=N–C) groups is 1. The molecule has 7 heteroatoms. The molecule has 0 unspecified atom stereocenters. The number of anilines is 2. The van der Waals surface area contributed by atoms with Gasteiger partial charge >= 0.3 is 0 Å². The van der Waals surface area contributed by atoms with Crippen molar-refractivity contribution in [3.05, 3.63) is 87.3 Å². The van der Waals surface area contributed by atoms with Gasteiger partial charge in [-0.1, -0.05) is 40.9 Å². The van der Waals surface area contributed by atoms with Gasteiger partial charge in [0.2, 0.25) is 5.95 Å². The van der Waals surface area contributed by atoms with Gasteiger partial charge in [-0.05, 0) is 48.0 Å². The highest BCUT2D eigenvalue weighted by atomic mass is 35.5. The van der Waals surface area contributed by atoms with Crippen molar-refractivity contribution in [2.75, 3.05) is 5.32 Å². The lowest BCUT2D eigenvalue weighted by molar-refractivity contribution is 1.13. The summed E-state index contributed by atoms with van der Waals surface area (Å²) in [5.74, 6) is 0.517. The number of allylic oxidation sites excluding steroid dienone is 1. The van der Waals surface area contributed by atoms with Gasteiger partial charge in [0.05, 0.1) is 5.69 Å². The first-order valence-electron chi connectivity index (χ1n) is 8.62. The van der Waals surface area contributed by atoms with E-state index in [4.69, 9.17) is 34.8 Å². The predicted octanol–water partition coefficient (Wildman–Crippen LogP) is 6.61. The van der Waals surface area contributed by atoms with Crippen molar-refractivity contribution >= 4 is 57.7 Å². The SMILES string of the molecule is Clc1ccc(Nc2nccc(C3=CN=C(Cc4c(Cl)cccc4Cl)C3)n2)cc1. The van der Waals surface area contributed by atoms with Crippen LogP contribution < -0.4 is 5.32 Å². The third-order valence-corrected chi connectivity index (χ3v) is 5.29. The molecule has 2 aromatic carbocycles. The van der Waals surface area contributed by atoms with Crippen LogP contribution in [0.3, 0.4) is 0 Å². The molecule has 0 saturated carbocycles. The number of nitrogens with zero attached hydrogens (tertiary/aromatic N) is 3. The lowest BCUT2D eigenvalue weighted by Crippen LogP contribution is -2.04. The fourth-order valence-electron chi connectivity index (χ4n) is 2.91. The molecule has 1 N–H and O–H groups in total. The summed E-state index contributed by atoms with van der Waals surface area (Å²) in [5.41, 5.74) is 4.62. The summed E-state index contributed by atoms with van der Waals surface area (Å²) in [4.78, 5) is 13.4. The van der Waals surface area contributed by atoms with Crippen molar-refractivity contribution in [1.82, 2.24) is 9.97 Å². The second-order valence-electron chi connectivity index (χ2n) is 6.30. The summed E-state index contributed by atoms with van der Waals surface area (Å²) in [6, 6.07) is 14.8. The van der Waals surface area contributed by atoms with Crippen molar-refractivity contribution in [2.24, 2.45) is 4.99 Å². The molecule has 0 amide bonds. The van der Waals surface area contributed by atoms with Crippen LogP contribution in [0.1, 0.15) is 17.7 Å². The monoisotopic (exact) mass is 428 g/mol. The fraction of sp³-hybridized carbons (Fsp3) is 0.0952. The van der Waals surface area contributed by atoms with Gasteiger partial charge in [0.25, 0.3) is 0 Å². The first-order valence-corrected chi connectivity index (χ1v) is 9.75. The molecule has 3 aromatic rings. The normalized spacial score (nSPS) is 13.2. The lowest BCUT2D eigenvalue weighted by atomic mass is 10.0. The average Bonchev–Trinajstić information content (AvgIpc) is 3.16. The summed E-state index contributed by atoms with van der Waals surface area (Å²) in [6.07, 6.45) is 4.87. The Morgan fingerprint density at radius 3 is 2.43 bits per heavy atom. The van der Waals surface area contributed by atoms with E-state index in [1.165, 1.54) is 0 Å². The molecule has 0 aliphatic carbocycles. The molecule has 4 rings (SSSR count). The summed E-state index contributed by atoms with van der Waals surface area (Å²) < 4.78 is 0. The molecule has 1 aliphatic rings. The molecule has 1 aliphatic heterocycles. The van der Waals surface area contributed by atoms with E-state index < -0.39 is 0 Å². The number of aromatic nitrogens is 2. The number of hydrogen-bond acceptors (Lipinski definition) is 4. The first-order chi connectivity index (χ1) is 13.6. The zero-order valence-corrected chi connectivity index (χ0v) is 16.9. The van der Waals surface area contributed by atoms with E-state index in [-0.39, 0.29) is 0 Å². The Labute approximate surface area is 177 Å². The van der Waals surface area contributed by atoms with Gasteiger partial charge in [-0.25, -0.2) is 9.97 Å². The standard InChI is InChI=1S/C21H15Cl3N4/c22-14-4-6-15(7-5-14)27-21-25-9-8-20(28-21)13-10-16(26-12-13)11-17-18(23)2-1-3-19(17)24/h1-9,12H,10-11H2,(H,25,27,28). The Bertz CT molecular complexity index is 1060. The van der Waals surface area contributed by atoms with Crippen LogP contribution in [0.5, 0.6) is 0 Å². The van der Waals surface area contributed by atoms with Gasteiger partial charge in [-0.2, -0.15) is 0 Å². The Hall–Kier alpha value is -2.40. The van der Waals surface area contributed by atoms with Crippen LogP contribution in [0.4, 0.5) is 11.6 Å². The van der Waals surface area contributed by atoms with E-state index in [2.05, 4.69) is 20.3 Å². The topological polar surface area (TPSA) is 50.2 Å². The summed E-state index contributed by atoms with van der Waals surface area (Å²) in [5, 5.41) is 5.17. The van der Waals surface area contributed by atoms with Crippen LogP contribution in [0.15, 0.2) is 65.9 Å². The number of hydrogen-bond donors (Lipinski definition) is 1. The van der Waals surface area contributed by atoms with Gasteiger partial charge < -0.3 is 5.32 Å². The zero-order valence-electron chi connectivity index (χ0n) is 14.7. The largest absolute Gasteiger partial charge is 0.324 e. The molecule has 4 nitrogen and oxygen atoms in total. The minimum absolute atomic E-state index is 0.517. The molecule has 0 spiro atoms. The molecule has 2 heterocycles. The summed E-state index contributed by atoms with van der Waals surface area (Å²) in [7, 11) is 0. The fourth-order valence-corrected chi connectivity index (χ4v) is 3.57. The zero-order chi connectivity index (χ0) is 19.5. The quantitative estimate of drug-likeness (QED) is 0.496. The number of nitrogens with one attached hydrogen (secondary N) is 1. The van der Waals surface area contributed by atoms with Gasteiger partial charge in [0, 0.05) is 57.3 Å². The van der Waals surface area contributed by atoms with Crippen LogP contribution in [-0.4, -0.2) is 15.7 Å². The maximum absolute atomic E-state index is 6.28. The second kappa shape index (κ2) is 8.31. The van der Waals surface area contributed by atoms with E-state index >= 15 is 0 Å². The molecule has 0 fully saturated rings. The number of halogens is 3. The van der Waals surface area contributed by atoms with Gasteiger partial charge in [-0.3, -0.25) is 4.99 Å². The molecule has 1 aromatic heterocycles. The van der Waals surface area contributed by atoms with Crippen LogP contribution in [0, 0.1) is 0 Å². The highest BCUT2D eigenvalue weighted by Crippen LogP contribution is 2.29. The Balaban J connectivity index is 1.45. The number of rotatable bonds is 5. The predicted molar refractivity (Wildman–Crippen MR) is 117 cm³/mol. The van der Waals surface area contributed by atoms with Crippen LogP contribution >= 0.6 is 34.8 Å². The van der Waals surface area contributed by atoms with Crippen LogP contribution in [-0.2, 0) is 6.42 Å². The lowest BCUT2D eigenvalue weighted by Gasteiger charge is -2.09. The van der Waals surface area contributed by atoms with Gasteiger partial charge in [0.15, 0.2) is 0 Å². The maximum atomic E-state index is 6.28. The van der Waals surface area contributed by atoms with Crippen molar-refractivity contribution in [2.45, 2.75) is 12.8 Å². The average molecular weight is 430 g/mol. The minimum atomic E-state index is 0.517. The van der Waals surface area contributed by atoms with Crippen LogP contribution in [0.2, 0.25) is 15.1 Å². The smallest absolute Gasteiger partial charge is 0.227 e. The second-order valence-corrected chi connectivity index (χ2v) is 7.55. The minimum Gasteiger partial charge on any atom is -0.324 e. The van der Waals surface area contributed by atoms with Gasteiger partial charge in [-0.15, -0.1) is 0 Å². The molecule has 140 valence electrons. The highest BCUT2D eigenvalue weighted by Gasteiger charge is 2.17. The first kappa shape index (κ1) is 18.9. The van der Waals surface area contributed by atoms with Crippen molar-refractivity contribution < 1.29 is 0 Å². The van der Waals surface area contributed by atoms with E-state index in [9.17, 15) is 0 Å². The molecule has 0 bridgehead atoms. The third kappa shape index (κ3) is 4.36. The summed E-state index contributed by atoms with van der Waals surface area (Å²) >= 11 is 18.5. The van der Waals surface area contributed by atoms with Crippen molar-refractivity contribution in [1.29, 1.82) is 0 Å². The Morgan fingerprint density at radius 1 is 0.929 bits per heavy atom. The van der Waals surface area contributed by atoms with Crippen molar-refractivity contribution in [3.8, 4) is 0 Å². The molecule has 0 atom stereocenters. The molecular weight excluding hydrogens is 415 g/mol. The molecule has 0 saturated heterocycles. The summed E-state index contributed by atoms with van der Waals surface area (Å²) in [6.45, 7) is 0. The Morgan fingerprint density at radius 2 is 1.68 bits per heavy atom. The van der Waals surface area contributed by atoms with E-state index in [1.807, 2.05) is 54.7 Å². The number of benzene rings is 2. The van der Waals surface area contributed by atoms with Gasteiger partial charge in [0.1, 0.15) is 0 Å². The van der Waals surface area contributed by atoms with Crippen LogP contribution in [0.25, 0.3) is 5.57 Å². The van der Waals surface area contributed by atoms with E-state index in [0.29, 0.717) is 33.9 Å². The Kier molecular flexibility index (Phi) is 5.62. The van der Waals surface area contributed by atoms with Crippen molar-refractivity contribution in [3.63, 3.8) is 0 Å².